The van der Waals surface area contributed by atoms with Crippen molar-refractivity contribution in [1.29, 1.82) is 0 Å². The highest BCUT2D eigenvalue weighted by atomic mass is 16.5. The van der Waals surface area contributed by atoms with Crippen LogP contribution in [0.1, 0.15) is 48.4 Å². The molecule has 2 nitrogen and oxygen atoms in total. The van der Waals surface area contributed by atoms with Crippen LogP contribution in [0.5, 0.6) is 0 Å². The van der Waals surface area contributed by atoms with Crippen LogP contribution in [0.2, 0.25) is 0 Å². The Labute approximate surface area is 104 Å². The van der Waals surface area contributed by atoms with Gasteiger partial charge >= 0.3 is 0 Å². The zero-order valence-corrected chi connectivity index (χ0v) is 10.9. The zero-order chi connectivity index (χ0) is 12.3. The number of benzene rings is 1. The first-order chi connectivity index (χ1) is 8.16. The van der Waals surface area contributed by atoms with Gasteiger partial charge in [0.05, 0.1) is 6.10 Å². The SMILES string of the molecule is Cc1ccc(C(N)CC2CCCCO2)cc1C. The van der Waals surface area contributed by atoms with Gasteiger partial charge in [-0.2, -0.15) is 0 Å². The summed E-state index contributed by atoms with van der Waals surface area (Å²) in [5.41, 5.74) is 10.2. The average Bonchev–Trinajstić information content (AvgIpc) is 2.34. The third kappa shape index (κ3) is 3.30. The van der Waals surface area contributed by atoms with Gasteiger partial charge in [0.15, 0.2) is 0 Å². The van der Waals surface area contributed by atoms with Crippen LogP contribution in [-0.4, -0.2) is 12.7 Å². The zero-order valence-electron chi connectivity index (χ0n) is 10.9. The lowest BCUT2D eigenvalue weighted by Crippen LogP contribution is -2.24. The second kappa shape index (κ2) is 5.65. The Bertz CT molecular complexity index is 369. The van der Waals surface area contributed by atoms with Gasteiger partial charge in [-0.05, 0) is 56.2 Å². The third-order valence-electron chi connectivity index (χ3n) is 3.75. The van der Waals surface area contributed by atoms with Gasteiger partial charge in [0.25, 0.3) is 0 Å². The van der Waals surface area contributed by atoms with Gasteiger partial charge < -0.3 is 10.5 Å². The molecule has 1 aromatic carbocycles. The van der Waals surface area contributed by atoms with Crippen molar-refractivity contribution in [2.45, 2.75) is 51.7 Å². The molecule has 0 aromatic heterocycles. The van der Waals surface area contributed by atoms with E-state index < -0.39 is 0 Å². The van der Waals surface area contributed by atoms with E-state index in [2.05, 4.69) is 32.0 Å². The van der Waals surface area contributed by atoms with Crippen molar-refractivity contribution in [3.8, 4) is 0 Å². The molecule has 1 aromatic rings. The summed E-state index contributed by atoms with van der Waals surface area (Å²) in [4.78, 5) is 0. The second-order valence-corrected chi connectivity index (χ2v) is 5.17. The lowest BCUT2D eigenvalue weighted by atomic mass is 9.95. The molecule has 94 valence electrons. The van der Waals surface area contributed by atoms with E-state index in [4.69, 9.17) is 10.5 Å². The Balaban J connectivity index is 1.98. The maximum atomic E-state index is 6.26. The second-order valence-electron chi connectivity index (χ2n) is 5.17. The smallest absolute Gasteiger partial charge is 0.0593 e. The molecule has 0 radical (unpaired) electrons. The molecule has 0 aliphatic carbocycles. The maximum absolute atomic E-state index is 6.26. The number of hydrogen-bond donors (Lipinski definition) is 1. The minimum absolute atomic E-state index is 0.109. The first-order valence-electron chi connectivity index (χ1n) is 6.61. The fraction of sp³-hybridized carbons (Fsp3) is 0.600. The highest BCUT2D eigenvalue weighted by molar-refractivity contribution is 5.31. The summed E-state index contributed by atoms with van der Waals surface area (Å²) in [5, 5.41) is 0. The van der Waals surface area contributed by atoms with E-state index in [1.54, 1.807) is 0 Å². The minimum Gasteiger partial charge on any atom is -0.378 e. The highest BCUT2D eigenvalue weighted by Gasteiger charge is 2.18. The summed E-state index contributed by atoms with van der Waals surface area (Å²) in [5.74, 6) is 0. The normalized spacial score (nSPS) is 22.4. The van der Waals surface area contributed by atoms with E-state index in [1.165, 1.54) is 36.0 Å². The van der Waals surface area contributed by atoms with E-state index in [1.807, 2.05) is 0 Å². The summed E-state index contributed by atoms with van der Waals surface area (Å²) < 4.78 is 5.74. The Hall–Kier alpha value is -0.860. The molecular weight excluding hydrogens is 210 g/mol. The first kappa shape index (κ1) is 12.6. The monoisotopic (exact) mass is 233 g/mol. The minimum atomic E-state index is 0.109. The van der Waals surface area contributed by atoms with E-state index in [-0.39, 0.29) is 6.04 Å². The van der Waals surface area contributed by atoms with Crippen LogP contribution >= 0.6 is 0 Å². The molecule has 1 heterocycles. The summed E-state index contributed by atoms with van der Waals surface area (Å²) in [6, 6.07) is 6.63. The Morgan fingerprint density at radius 2 is 2.12 bits per heavy atom. The molecule has 2 unspecified atom stereocenters. The van der Waals surface area contributed by atoms with Gasteiger partial charge in [0, 0.05) is 12.6 Å². The Morgan fingerprint density at radius 3 is 2.76 bits per heavy atom. The molecule has 2 heteroatoms. The quantitative estimate of drug-likeness (QED) is 0.869. The van der Waals surface area contributed by atoms with Gasteiger partial charge in [-0.25, -0.2) is 0 Å². The van der Waals surface area contributed by atoms with Crippen molar-refractivity contribution in [1.82, 2.24) is 0 Å². The van der Waals surface area contributed by atoms with Crippen LogP contribution in [0.25, 0.3) is 0 Å². The lowest BCUT2D eigenvalue weighted by molar-refractivity contribution is 0.00729. The van der Waals surface area contributed by atoms with Crippen molar-refractivity contribution in [2.24, 2.45) is 5.73 Å². The van der Waals surface area contributed by atoms with Gasteiger partial charge in [0.1, 0.15) is 0 Å². The first-order valence-corrected chi connectivity index (χ1v) is 6.61. The fourth-order valence-electron chi connectivity index (χ4n) is 2.41. The van der Waals surface area contributed by atoms with Gasteiger partial charge in [-0.3, -0.25) is 0 Å². The van der Waals surface area contributed by atoms with Crippen molar-refractivity contribution in [3.63, 3.8) is 0 Å². The van der Waals surface area contributed by atoms with Gasteiger partial charge in [0.2, 0.25) is 0 Å². The van der Waals surface area contributed by atoms with E-state index in [0.717, 1.165) is 13.0 Å². The molecule has 0 bridgehead atoms. The molecule has 2 atom stereocenters. The Morgan fingerprint density at radius 1 is 1.29 bits per heavy atom. The lowest BCUT2D eigenvalue weighted by Gasteiger charge is -2.25. The van der Waals surface area contributed by atoms with Crippen molar-refractivity contribution in [3.05, 3.63) is 34.9 Å². The molecule has 1 aliphatic rings. The molecule has 1 saturated heterocycles. The molecule has 1 aliphatic heterocycles. The molecular formula is C15H23NO. The Kier molecular flexibility index (Phi) is 4.19. The number of aryl methyl sites for hydroxylation is 2. The van der Waals surface area contributed by atoms with Crippen LogP contribution in [0.4, 0.5) is 0 Å². The van der Waals surface area contributed by atoms with Gasteiger partial charge in [-0.15, -0.1) is 0 Å². The fourth-order valence-corrected chi connectivity index (χ4v) is 2.41. The molecule has 0 saturated carbocycles. The van der Waals surface area contributed by atoms with Crippen LogP contribution in [0.15, 0.2) is 18.2 Å². The number of rotatable bonds is 3. The molecule has 2 N–H and O–H groups in total. The number of ether oxygens (including phenoxy) is 1. The molecule has 0 spiro atoms. The summed E-state index contributed by atoms with van der Waals surface area (Å²) in [6.45, 7) is 5.18. The third-order valence-corrected chi connectivity index (χ3v) is 3.75. The van der Waals surface area contributed by atoms with Crippen molar-refractivity contribution < 1.29 is 4.74 Å². The van der Waals surface area contributed by atoms with E-state index in [9.17, 15) is 0 Å². The van der Waals surface area contributed by atoms with Crippen molar-refractivity contribution >= 4 is 0 Å². The summed E-state index contributed by atoms with van der Waals surface area (Å²) in [6.07, 6.45) is 4.96. The molecule has 1 fully saturated rings. The standard InChI is InChI=1S/C15H23NO/c1-11-6-7-13(9-12(11)2)15(16)10-14-5-3-4-8-17-14/h6-7,9,14-15H,3-5,8,10,16H2,1-2H3. The highest BCUT2D eigenvalue weighted by Crippen LogP contribution is 2.24. The number of nitrogens with two attached hydrogens (primary N) is 1. The largest absolute Gasteiger partial charge is 0.378 e. The number of hydrogen-bond acceptors (Lipinski definition) is 2. The van der Waals surface area contributed by atoms with Crippen LogP contribution in [0, 0.1) is 13.8 Å². The van der Waals surface area contributed by atoms with Crippen LogP contribution in [-0.2, 0) is 4.74 Å². The summed E-state index contributed by atoms with van der Waals surface area (Å²) in [7, 11) is 0. The van der Waals surface area contributed by atoms with E-state index in [0.29, 0.717) is 6.10 Å². The van der Waals surface area contributed by atoms with Crippen molar-refractivity contribution in [2.75, 3.05) is 6.61 Å². The maximum Gasteiger partial charge on any atom is 0.0593 e. The van der Waals surface area contributed by atoms with E-state index >= 15 is 0 Å². The topological polar surface area (TPSA) is 35.2 Å². The molecule has 2 rings (SSSR count). The summed E-state index contributed by atoms with van der Waals surface area (Å²) >= 11 is 0. The average molecular weight is 233 g/mol. The predicted molar refractivity (Wildman–Crippen MR) is 71.1 cm³/mol. The van der Waals surface area contributed by atoms with Crippen LogP contribution < -0.4 is 5.73 Å². The van der Waals surface area contributed by atoms with Gasteiger partial charge in [-0.1, -0.05) is 18.2 Å². The molecule has 17 heavy (non-hydrogen) atoms. The predicted octanol–water partition coefficient (Wildman–Crippen LogP) is 3.26. The molecule has 0 amide bonds. The van der Waals surface area contributed by atoms with Crippen LogP contribution in [0.3, 0.4) is 0 Å².